The van der Waals surface area contributed by atoms with Crippen LogP contribution >= 0.6 is 0 Å². The molecule has 3 aromatic rings. The molecule has 0 aliphatic heterocycles. The van der Waals surface area contributed by atoms with Crippen molar-refractivity contribution in [3.63, 3.8) is 0 Å². The van der Waals surface area contributed by atoms with E-state index >= 15 is 0 Å². The molecule has 1 heterocycles. The van der Waals surface area contributed by atoms with E-state index in [1.54, 1.807) is 18.2 Å². The summed E-state index contributed by atoms with van der Waals surface area (Å²) in [7, 11) is 0. The Labute approximate surface area is 134 Å². The van der Waals surface area contributed by atoms with E-state index in [9.17, 15) is 9.59 Å². The van der Waals surface area contributed by atoms with E-state index in [0.29, 0.717) is 16.9 Å². The van der Waals surface area contributed by atoms with Crippen molar-refractivity contribution in [1.29, 1.82) is 0 Å². The largest absolute Gasteiger partial charge is 0.453 e. The second-order valence-corrected chi connectivity index (χ2v) is 5.52. The fraction of sp³-hybridized carbons (Fsp3) is 0.158. The van der Waals surface area contributed by atoms with Crippen LogP contribution in [0.2, 0.25) is 0 Å². The van der Waals surface area contributed by atoms with Crippen molar-refractivity contribution in [3.05, 3.63) is 71.5 Å². The van der Waals surface area contributed by atoms with Gasteiger partial charge in [-0.1, -0.05) is 42.5 Å². The molecule has 0 unspecified atom stereocenters. The highest BCUT2D eigenvalue weighted by atomic mass is 16.3. The van der Waals surface area contributed by atoms with Crippen LogP contribution in [0.15, 0.2) is 59.0 Å². The van der Waals surface area contributed by atoms with E-state index in [1.807, 2.05) is 43.3 Å². The maximum absolute atomic E-state index is 12.5. The highest BCUT2D eigenvalue weighted by Gasteiger charge is 2.15. The Bertz CT molecular complexity index is 829. The monoisotopic (exact) mass is 307 g/mol. The van der Waals surface area contributed by atoms with Crippen LogP contribution < -0.4 is 5.32 Å². The molecule has 1 amide bonds. The second-order valence-electron chi connectivity index (χ2n) is 5.52. The van der Waals surface area contributed by atoms with Gasteiger partial charge in [0.25, 0.3) is 0 Å². The quantitative estimate of drug-likeness (QED) is 0.745. The van der Waals surface area contributed by atoms with Gasteiger partial charge in [0, 0.05) is 17.9 Å². The molecule has 0 saturated heterocycles. The van der Waals surface area contributed by atoms with Gasteiger partial charge in [-0.3, -0.25) is 9.59 Å². The first-order chi connectivity index (χ1) is 11.0. The summed E-state index contributed by atoms with van der Waals surface area (Å²) in [5.74, 6) is 0.0914. The number of ketones is 1. The van der Waals surface area contributed by atoms with Crippen molar-refractivity contribution in [2.45, 2.75) is 19.9 Å². The Morgan fingerprint density at radius 2 is 1.74 bits per heavy atom. The zero-order valence-corrected chi connectivity index (χ0v) is 13.0. The Hall–Kier alpha value is -2.88. The topological polar surface area (TPSA) is 59.3 Å². The zero-order valence-electron chi connectivity index (χ0n) is 13.0. The van der Waals surface area contributed by atoms with E-state index in [4.69, 9.17) is 4.42 Å². The molecule has 0 aliphatic carbocycles. The summed E-state index contributed by atoms with van der Waals surface area (Å²) in [4.78, 5) is 23.6. The number of hydrogen-bond donors (Lipinski definition) is 1. The van der Waals surface area contributed by atoms with Crippen molar-refractivity contribution >= 4 is 22.7 Å². The van der Waals surface area contributed by atoms with Gasteiger partial charge in [0.2, 0.25) is 11.7 Å². The second kappa shape index (κ2) is 6.08. The Morgan fingerprint density at radius 3 is 2.39 bits per heavy atom. The van der Waals surface area contributed by atoms with Crippen molar-refractivity contribution in [2.24, 2.45) is 0 Å². The third-order valence-electron chi connectivity index (χ3n) is 3.74. The summed E-state index contributed by atoms with van der Waals surface area (Å²) < 4.78 is 5.61. The Morgan fingerprint density at radius 1 is 1.04 bits per heavy atom. The molecule has 2 aromatic carbocycles. The van der Waals surface area contributed by atoms with E-state index in [1.165, 1.54) is 6.92 Å². The molecule has 0 aliphatic rings. The van der Waals surface area contributed by atoms with Crippen molar-refractivity contribution < 1.29 is 14.0 Å². The highest BCUT2D eigenvalue weighted by Crippen LogP contribution is 2.22. The van der Waals surface area contributed by atoms with E-state index in [0.717, 1.165) is 10.9 Å². The number of amides is 1. The molecule has 3 rings (SSSR count). The highest BCUT2D eigenvalue weighted by molar-refractivity contribution is 6.09. The average molecular weight is 307 g/mol. The molecule has 23 heavy (non-hydrogen) atoms. The lowest BCUT2D eigenvalue weighted by Gasteiger charge is -2.12. The van der Waals surface area contributed by atoms with Crippen molar-refractivity contribution in [1.82, 2.24) is 5.32 Å². The third kappa shape index (κ3) is 3.16. The summed E-state index contributed by atoms with van der Waals surface area (Å²) in [6.07, 6.45) is 0. The Balaban J connectivity index is 1.83. The molecule has 116 valence electrons. The summed E-state index contributed by atoms with van der Waals surface area (Å²) in [5.41, 5.74) is 2.20. The first kappa shape index (κ1) is 15.0. The molecule has 0 bridgehead atoms. The lowest BCUT2D eigenvalue weighted by atomic mass is 10.0. The smallest absolute Gasteiger partial charge is 0.228 e. The maximum atomic E-state index is 12.5. The van der Waals surface area contributed by atoms with Crippen LogP contribution in [0, 0.1) is 0 Å². The van der Waals surface area contributed by atoms with E-state index in [2.05, 4.69) is 5.32 Å². The predicted octanol–water partition coefficient (Wildman–Crippen LogP) is 3.86. The number of hydrogen-bond acceptors (Lipinski definition) is 3. The van der Waals surface area contributed by atoms with Gasteiger partial charge < -0.3 is 9.73 Å². The van der Waals surface area contributed by atoms with E-state index in [-0.39, 0.29) is 17.7 Å². The molecule has 1 N–H and O–H groups in total. The van der Waals surface area contributed by atoms with Gasteiger partial charge in [-0.25, -0.2) is 0 Å². The van der Waals surface area contributed by atoms with Gasteiger partial charge in [0.15, 0.2) is 5.76 Å². The molecule has 4 heteroatoms. The molecule has 0 spiro atoms. The van der Waals surface area contributed by atoms with Gasteiger partial charge in [-0.05, 0) is 24.6 Å². The number of para-hydroxylation sites is 1. The molecule has 1 atom stereocenters. The van der Waals surface area contributed by atoms with Crippen LogP contribution in [0.5, 0.6) is 0 Å². The van der Waals surface area contributed by atoms with Crippen LogP contribution in [0.1, 0.15) is 41.6 Å². The minimum atomic E-state index is -0.153. The van der Waals surface area contributed by atoms with Crippen LogP contribution in [0.25, 0.3) is 11.0 Å². The fourth-order valence-electron chi connectivity index (χ4n) is 2.55. The van der Waals surface area contributed by atoms with Crippen molar-refractivity contribution in [3.8, 4) is 0 Å². The number of benzene rings is 2. The molecule has 0 radical (unpaired) electrons. The summed E-state index contributed by atoms with van der Waals surface area (Å²) in [5, 5.41) is 3.72. The number of furan rings is 1. The predicted molar refractivity (Wildman–Crippen MR) is 88.3 cm³/mol. The lowest BCUT2D eigenvalue weighted by Crippen LogP contribution is -2.23. The summed E-state index contributed by atoms with van der Waals surface area (Å²) >= 11 is 0. The molecule has 0 saturated carbocycles. The molecule has 0 fully saturated rings. The SMILES string of the molecule is CC(=O)N[C@H](C)c1ccc(C(=O)c2cc3ccccc3o2)cc1. The number of carbonyl (C=O) groups is 2. The zero-order chi connectivity index (χ0) is 16.4. The maximum Gasteiger partial charge on any atom is 0.228 e. The van der Waals surface area contributed by atoms with Gasteiger partial charge in [-0.2, -0.15) is 0 Å². The van der Waals surface area contributed by atoms with Crippen LogP contribution in [0.4, 0.5) is 0 Å². The molecule has 1 aromatic heterocycles. The minimum absolute atomic E-state index is 0.0834. The van der Waals surface area contributed by atoms with Gasteiger partial charge in [-0.15, -0.1) is 0 Å². The number of carbonyl (C=O) groups excluding carboxylic acids is 2. The number of fused-ring (bicyclic) bond motifs is 1. The first-order valence-corrected chi connectivity index (χ1v) is 7.45. The molecular weight excluding hydrogens is 290 g/mol. The molecular formula is C19H17NO3. The van der Waals surface area contributed by atoms with E-state index < -0.39 is 0 Å². The van der Waals surface area contributed by atoms with Crippen LogP contribution in [0.3, 0.4) is 0 Å². The number of nitrogens with one attached hydrogen (secondary N) is 1. The Kier molecular flexibility index (Phi) is 3.98. The molecule has 4 nitrogen and oxygen atoms in total. The van der Waals surface area contributed by atoms with Crippen molar-refractivity contribution in [2.75, 3.05) is 0 Å². The summed E-state index contributed by atoms with van der Waals surface area (Å²) in [6.45, 7) is 3.38. The van der Waals surface area contributed by atoms with Gasteiger partial charge in [0.05, 0.1) is 6.04 Å². The number of rotatable bonds is 4. The average Bonchev–Trinajstić information content (AvgIpc) is 2.97. The van der Waals surface area contributed by atoms with Gasteiger partial charge in [0.1, 0.15) is 5.58 Å². The fourth-order valence-corrected chi connectivity index (χ4v) is 2.55. The van der Waals surface area contributed by atoms with Crippen LogP contribution in [-0.4, -0.2) is 11.7 Å². The van der Waals surface area contributed by atoms with Crippen LogP contribution in [-0.2, 0) is 4.79 Å². The normalized spacial score (nSPS) is 12.1. The van der Waals surface area contributed by atoms with Gasteiger partial charge >= 0.3 is 0 Å². The lowest BCUT2D eigenvalue weighted by molar-refractivity contribution is -0.119. The minimum Gasteiger partial charge on any atom is -0.453 e. The standard InChI is InChI=1S/C19H17NO3/c1-12(20-13(2)21)14-7-9-15(10-8-14)19(22)18-11-16-5-3-4-6-17(16)23-18/h3-12H,1-2H3,(H,20,21)/t12-/m1/s1. The first-order valence-electron chi connectivity index (χ1n) is 7.45. The third-order valence-corrected chi connectivity index (χ3v) is 3.74. The summed E-state index contributed by atoms with van der Waals surface area (Å²) in [6, 6.07) is 16.4.